The number of nitrogens with two attached hydrogens (primary N) is 1. The highest BCUT2D eigenvalue weighted by atomic mass is 16.2. The largest absolute Gasteiger partial charge is 0.342 e. The van der Waals surface area contributed by atoms with E-state index in [0.29, 0.717) is 5.92 Å². The molecule has 5 nitrogen and oxygen atoms in total. The van der Waals surface area contributed by atoms with Crippen LogP contribution in [0.25, 0.3) is 11.1 Å². The molecule has 0 spiro atoms. The van der Waals surface area contributed by atoms with Gasteiger partial charge in [-0.05, 0) is 18.4 Å². The molecule has 0 unspecified atom stereocenters. The topological polar surface area (TPSA) is 75.0 Å². The molecule has 3 rings (SSSR count). The minimum Gasteiger partial charge on any atom is -0.342 e. The summed E-state index contributed by atoms with van der Waals surface area (Å²) < 4.78 is 0. The lowest BCUT2D eigenvalue weighted by Gasteiger charge is -2.31. The van der Waals surface area contributed by atoms with Crippen molar-refractivity contribution in [3.8, 4) is 11.1 Å². The van der Waals surface area contributed by atoms with Crippen molar-refractivity contribution in [1.29, 1.82) is 0 Å². The van der Waals surface area contributed by atoms with Crippen LogP contribution in [0.5, 0.6) is 0 Å². The summed E-state index contributed by atoms with van der Waals surface area (Å²) in [5, 5.41) is 7.37. The van der Waals surface area contributed by atoms with E-state index in [-0.39, 0.29) is 12.5 Å². The Morgan fingerprint density at radius 1 is 1.29 bits per heavy atom. The first kappa shape index (κ1) is 13.8. The van der Waals surface area contributed by atoms with E-state index >= 15 is 0 Å². The Morgan fingerprint density at radius 2 is 2.00 bits per heavy atom. The van der Waals surface area contributed by atoms with Crippen molar-refractivity contribution in [2.75, 3.05) is 19.6 Å². The summed E-state index contributed by atoms with van der Waals surface area (Å²) in [6.07, 6.45) is 3.80. The summed E-state index contributed by atoms with van der Waals surface area (Å²) in [4.78, 5) is 13.5. The van der Waals surface area contributed by atoms with E-state index in [2.05, 4.69) is 22.3 Å². The second kappa shape index (κ2) is 6.10. The molecular weight excluding hydrogens is 264 g/mol. The summed E-state index contributed by atoms with van der Waals surface area (Å²) in [6, 6.07) is 10.3. The monoisotopic (exact) mass is 284 g/mol. The standard InChI is InChI=1S/C16H20N4O/c17-10-15(21)20-8-6-13(7-9-20)16-14(11-18-19-16)12-4-2-1-3-5-12/h1-5,11,13H,6-10,17H2,(H,18,19). The molecule has 1 aromatic heterocycles. The predicted octanol–water partition coefficient (Wildman–Crippen LogP) is 1.74. The zero-order valence-corrected chi connectivity index (χ0v) is 12.0. The molecule has 110 valence electrons. The molecule has 2 heterocycles. The van der Waals surface area contributed by atoms with Crippen LogP contribution in [-0.2, 0) is 4.79 Å². The molecule has 5 heteroatoms. The maximum absolute atomic E-state index is 11.6. The van der Waals surface area contributed by atoms with E-state index in [1.807, 2.05) is 29.3 Å². The number of amides is 1. The third kappa shape index (κ3) is 2.83. The van der Waals surface area contributed by atoms with Crippen LogP contribution in [0.15, 0.2) is 36.5 Å². The molecular formula is C16H20N4O. The number of rotatable bonds is 3. The lowest BCUT2D eigenvalue weighted by atomic mass is 9.89. The van der Waals surface area contributed by atoms with Gasteiger partial charge in [0.25, 0.3) is 0 Å². The average Bonchev–Trinajstić information content (AvgIpc) is 3.04. The van der Waals surface area contributed by atoms with Gasteiger partial charge in [-0.1, -0.05) is 30.3 Å². The fourth-order valence-electron chi connectivity index (χ4n) is 3.00. The molecule has 0 atom stereocenters. The van der Waals surface area contributed by atoms with E-state index in [9.17, 15) is 4.79 Å². The number of aromatic amines is 1. The SMILES string of the molecule is NCC(=O)N1CCC(c2[nH]ncc2-c2ccccc2)CC1. The molecule has 0 saturated carbocycles. The van der Waals surface area contributed by atoms with Crippen molar-refractivity contribution in [1.82, 2.24) is 15.1 Å². The minimum absolute atomic E-state index is 0.0429. The zero-order valence-electron chi connectivity index (χ0n) is 12.0. The first-order chi connectivity index (χ1) is 10.3. The van der Waals surface area contributed by atoms with Crippen LogP contribution in [0.1, 0.15) is 24.5 Å². The number of aromatic nitrogens is 2. The number of carbonyl (C=O) groups is 1. The van der Waals surface area contributed by atoms with E-state index in [4.69, 9.17) is 5.73 Å². The van der Waals surface area contributed by atoms with Gasteiger partial charge in [-0.25, -0.2) is 0 Å². The summed E-state index contributed by atoms with van der Waals surface area (Å²) in [5.74, 6) is 0.464. The molecule has 0 bridgehead atoms. The number of carbonyl (C=O) groups excluding carboxylic acids is 1. The fraction of sp³-hybridized carbons (Fsp3) is 0.375. The normalized spacial score (nSPS) is 16.1. The maximum atomic E-state index is 11.6. The lowest BCUT2D eigenvalue weighted by Crippen LogP contribution is -2.41. The van der Waals surface area contributed by atoms with Crippen molar-refractivity contribution in [3.05, 3.63) is 42.2 Å². The molecule has 1 aromatic carbocycles. The third-order valence-electron chi connectivity index (χ3n) is 4.18. The molecule has 1 fully saturated rings. The van der Waals surface area contributed by atoms with E-state index in [1.165, 1.54) is 16.8 Å². The van der Waals surface area contributed by atoms with Gasteiger partial charge < -0.3 is 10.6 Å². The highest BCUT2D eigenvalue weighted by Gasteiger charge is 2.26. The molecule has 1 saturated heterocycles. The van der Waals surface area contributed by atoms with Gasteiger partial charge in [0.1, 0.15) is 0 Å². The van der Waals surface area contributed by atoms with Gasteiger partial charge in [-0.15, -0.1) is 0 Å². The van der Waals surface area contributed by atoms with E-state index < -0.39 is 0 Å². The summed E-state index contributed by atoms with van der Waals surface area (Å²) in [5.41, 5.74) is 8.95. The van der Waals surface area contributed by atoms with E-state index in [0.717, 1.165) is 25.9 Å². The van der Waals surface area contributed by atoms with Gasteiger partial charge in [0.05, 0.1) is 12.7 Å². The smallest absolute Gasteiger partial charge is 0.236 e. The molecule has 1 amide bonds. The molecule has 2 aromatic rings. The summed E-state index contributed by atoms with van der Waals surface area (Å²) in [6.45, 7) is 1.64. The van der Waals surface area contributed by atoms with Crippen molar-refractivity contribution in [2.24, 2.45) is 5.73 Å². The Labute approximate surface area is 124 Å². The van der Waals surface area contributed by atoms with Crippen LogP contribution < -0.4 is 5.73 Å². The second-order valence-electron chi connectivity index (χ2n) is 5.42. The minimum atomic E-state index is 0.0429. The zero-order chi connectivity index (χ0) is 14.7. The van der Waals surface area contributed by atoms with Crippen molar-refractivity contribution < 1.29 is 4.79 Å². The van der Waals surface area contributed by atoms with Gasteiger partial charge in [0.15, 0.2) is 0 Å². The van der Waals surface area contributed by atoms with Gasteiger partial charge in [-0.3, -0.25) is 9.89 Å². The number of nitrogens with one attached hydrogen (secondary N) is 1. The Bertz CT molecular complexity index is 600. The van der Waals surface area contributed by atoms with Crippen LogP contribution in [0, 0.1) is 0 Å². The van der Waals surface area contributed by atoms with Gasteiger partial charge >= 0.3 is 0 Å². The van der Waals surface area contributed by atoms with Crippen LogP contribution in [0.2, 0.25) is 0 Å². The van der Waals surface area contributed by atoms with E-state index in [1.54, 1.807) is 0 Å². The van der Waals surface area contributed by atoms with Gasteiger partial charge in [-0.2, -0.15) is 5.10 Å². The average molecular weight is 284 g/mol. The van der Waals surface area contributed by atoms with Gasteiger partial charge in [0.2, 0.25) is 5.91 Å². The molecule has 0 aliphatic carbocycles. The quantitative estimate of drug-likeness (QED) is 0.901. The number of hydrogen-bond donors (Lipinski definition) is 2. The number of benzene rings is 1. The number of piperidine rings is 1. The highest BCUT2D eigenvalue weighted by Crippen LogP contribution is 2.33. The number of likely N-dealkylation sites (tertiary alicyclic amines) is 1. The summed E-state index contributed by atoms with van der Waals surface area (Å²) in [7, 11) is 0. The van der Waals surface area contributed by atoms with Crippen LogP contribution >= 0.6 is 0 Å². The highest BCUT2D eigenvalue weighted by molar-refractivity contribution is 5.78. The van der Waals surface area contributed by atoms with Crippen LogP contribution in [0.4, 0.5) is 0 Å². The van der Waals surface area contributed by atoms with Crippen molar-refractivity contribution in [3.63, 3.8) is 0 Å². The first-order valence-electron chi connectivity index (χ1n) is 7.36. The van der Waals surface area contributed by atoms with Gasteiger partial charge in [0, 0.05) is 30.3 Å². The van der Waals surface area contributed by atoms with Crippen LogP contribution in [0.3, 0.4) is 0 Å². The number of hydrogen-bond acceptors (Lipinski definition) is 3. The lowest BCUT2D eigenvalue weighted by molar-refractivity contribution is -0.130. The molecule has 1 aliphatic rings. The number of H-pyrrole nitrogens is 1. The number of nitrogens with zero attached hydrogens (tertiary/aromatic N) is 2. The fourth-order valence-corrected chi connectivity index (χ4v) is 3.00. The second-order valence-corrected chi connectivity index (χ2v) is 5.42. The third-order valence-corrected chi connectivity index (χ3v) is 4.18. The first-order valence-corrected chi connectivity index (χ1v) is 7.36. The van der Waals surface area contributed by atoms with Crippen molar-refractivity contribution >= 4 is 5.91 Å². The predicted molar refractivity (Wildman–Crippen MR) is 81.6 cm³/mol. The Hall–Kier alpha value is -2.14. The molecule has 1 aliphatic heterocycles. The molecule has 3 N–H and O–H groups in total. The Morgan fingerprint density at radius 3 is 2.67 bits per heavy atom. The Kier molecular flexibility index (Phi) is 4.01. The molecule has 0 radical (unpaired) electrons. The summed E-state index contributed by atoms with van der Waals surface area (Å²) >= 11 is 0. The Balaban J connectivity index is 1.75. The maximum Gasteiger partial charge on any atom is 0.236 e. The molecule has 21 heavy (non-hydrogen) atoms. The van der Waals surface area contributed by atoms with Crippen molar-refractivity contribution in [2.45, 2.75) is 18.8 Å². The van der Waals surface area contributed by atoms with Crippen LogP contribution in [-0.4, -0.2) is 40.6 Å².